The van der Waals surface area contributed by atoms with Gasteiger partial charge in [0, 0.05) is 6.26 Å². The van der Waals surface area contributed by atoms with E-state index in [2.05, 4.69) is 13.8 Å². The van der Waals surface area contributed by atoms with Gasteiger partial charge in [0.25, 0.3) is 0 Å². The van der Waals surface area contributed by atoms with Gasteiger partial charge in [-0.15, -0.1) is 0 Å². The molecular weight excluding hydrogens is 276 g/mol. The minimum absolute atomic E-state index is 0.0737. The highest BCUT2D eigenvalue weighted by molar-refractivity contribution is 7.89. The monoisotopic (exact) mass is 298 g/mol. The zero-order valence-corrected chi connectivity index (χ0v) is 13.2. The summed E-state index contributed by atoms with van der Waals surface area (Å²) in [4.78, 5) is 12.0. The van der Waals surface area contributed by atoms with Crippen LogP contribution in [0.1, 0.15) is 43.1 Å². The van der Waals surface area contributed by atoms with Gasteiger partial charge in [0.05, 0.1) is 17.4 Å². The third-order valence-corrected chi connectivity index (χ3v) is 3.56. The van der Waals surface area contributed by atoms with E-state index in [1.165, 1.54) is 6.26 Å². The molecule has 0 spiro atoms. The average molecular weight is 298 g/mol. The van der Waals surface area contributed by atoms with Gasteiger partial charge in [-0.3, -0.25) is 0 Å². The van der Waals surface area contributed by atoms with E-state index in [0.717, 1.165) is 6.42 Å². The molecule has 4 nitrogen and oxygen atoms in total. The van der Waals surface area contributed by atoms with Crippen LogP contribution in [0, 0.1) is 5.92 Å². The molecule has 0 fully saturated rings. The number of esters is 1. The number of hydrogen-bond donors (Lipinski definition) is 0. The van der Waals surface area contributed by atoms with Crippen LogP contribution in [0.5, 0.6) is 0 Å². The molecule has 0 bridgehead atoms. The first-order chi connectivity index (χ1) is 9.17. The van der Waals surface area contributed by atoms with Gasteiger partial charge >= 0.3 is 5.97 Å². The summed E-state index contributed by atoms with van der Waals surface area (Å²) >= 11 is 0. The Morgan fingerprint density at radius 3 is 2.45 bits per heavy atom. The molecule has 20 heavy (non-hydrogen) atoms. The topological polar surface area (TPSA) is 60.4 Å². The predicted octanol–water partition coefficient (Wildman–Crippen LogP) is 2.82. The predicted molar refractivity (Wildman–Crippen MR) is 79.3 cm³/mol. The minimum atomic E-state index is -3.11. The van der Waals surface area contributed by atoms with Gasteiger partial charge in [0.1, 0.15) is 0 Å². The smallest absolute Gasteiger partial charge is 0.338 e. The maximum absolute atomic E-state index is 12.0. The molecule has 0 amide bonds. The summed E-state index contributed by atoms with van der Waals surface area (Å²) in [6, 6.07) is 6.57. The van der Waals surface area contributed by atoms with Crippen LogP contribution < -0.4 is 0 Å². The van der Waals surface area contributed by atoms with Crippen molar-refractivity contribution in [3.05, 3.63) is 35.4 Å². The molecule has 1 atom stereocenters. The molecule has 0 radical (unpaired) electrons. The van der Waals surface area contributed by atoms with Crippen LogP contribution in [-0.2, 0) is 20.3 Å². The van der Waals surface area contributed by atoms with Gasteiger partial charge in [-0.2, -0.15) is 0 Å². The molecule has 0 saturated carbocycles. The summed E-state index contributed by atoms with van der Waals surface area (Å²) in [7, 11) is -3.11. The van der Waals surface area contributed by atoms with E-state index in [-0.39, 0.29) is 11.9 Å². The number of carbonyl (C=O) groups excluding carboxylic acids is 1. The van der Waals surface area contributed by atoms with Crippen LogP contribution in [0.15, 0.2) is 24.3 Å². The van der Waals surface area contributed by atoms with Crippen molar-refractivity contribution in [3.8, 4) is 0 Å². The standard InChI is InChI=1S/C15H22O4S/c1-11(2)8-12(3)19-15(16)14-7-5-6-13(9-14)10-20(4,17)18/h5-7,9,11-12H,8,10H2,1-4H3/t12-/m0/s1. The first-order valence-electron chi connectivity index (χ1n) is 6.65. The molecule has 0 saturated heterocycles. The van der Waals surface area contributed by atoms with E-state index < -0.39 is 15.8 Å². The van der Waals surface area contributed by atoms with Gasteiger partial charge in [-0.1, -0.05) is 26.0 Å². The largest absolute Gasteiger partial charge is 0.459 e. The van der Waals surface area contributed by atoms with Gasteiger partial charge in [-0.05, 0) is 37.0 Å². The number of sulfone groups is 1. The first-order valence-corrected chi connectivity index (χ1v) is 8.71. The fourth-order valence-electron chi connectivity index (χ4n) is 2.05. The maximum Gasteiger partial charge on any atom is 0.338 e. The van der Waals surface area contributed by atoms with Crippen molar-refractivity contribution in [1.82, 2.24) is 0 Å². The lowest BCUT2D eigenvalue weighted by atomic mass is 10.1. The highest BCUT2D eigenvalue weighted by Gasteiger charge is 2.14. The Morgan fingerprint density at radius 2 is 1.90 bits per heavy atom. The zero-order chi connectivity index (χ0) is 15.3. The highest BCUT2D eigenvalue weighted by Crippen LogP contribution is 2.13. The van der Waals surface area contributed by atoms with E-state index >= 15 is 0 Å². The molecule has 0 aliphatic carbocycles. The molecule has 0 aliphatic heterocycles. The Morgan fingerprint density at radius 1 is 1.25 bits per heavy atom. The lowest BCUT2D eigenvalue weighted by molar-refractivity contribution is 0.0299. The Balaban J connectivity index is 2.76. The fourth-order valence-corrected chi connectivity index (χ4v) is 2.84. The average Bonchev–Trinajstić information content (AvgIpc) is 2.25. The molecule has 0 N–H and O–H groups in total. The van der Waals surface area contributed by atoms with Crippen molar-refractivity contribution in [3.63, 3.8) is 0 Å². The third-order valence-electron chi connectivity index (χ3n) is 2.70. The van der Waals surface area contributed by atoms with Crippen LogP contribution in [0.2, 0.25) is 0 Å². The summed E-state index contributed by atoms with van der Waals surface area (Å²) in [5.41, 5.74) is 0.986. The van der Waals surface area contributed by atoms with Crippen LogP contribution in [0.3, 0.4) is 0 Å². The van der Waals surface area contributed by atoms with Crippen LogP contribution in [0.4, 0.5) is 0 Å². The molecule has 0 unspecified atom stereocenters. The maximum atomic E-state index is 12.0. The number of carbonyl (C=O) groups is 1. The molecule has 0 heterocycles. The van der Waals surface area contributed by atoms with Gasteiger partial charge in [-0.25, -0.2) is 13.2 Å². The minimum Gasteiger partial charge on any atom is -0.459 e. The second kappa shape index (κ2) is 6.88. The molecule has 0 aromatic heterocycles. The van der Waals surface area contributed by atoms with Crippen molar-refractivity contribution in [2.45, 2.75) is 39.0 Å². The number of benzene rings is 1. The Bertz CT molecular complexity index is 561. The zero-order valence-electron chi connectivity index (χ0n) is 12.4. The Kier molecular flexibility index (Phi) is 5.74. The quantitative estimate of drug-likeness (QED) is 0.758. The second-order valence-corrected chi connectivity index (χ2v) is 7.76. The number of ether oxygens (including phenoxy) is 1. The van der Waals surface area contributed by atoms with Crippen molar-refractivity contribution < 1.29 is 17.9 Å². The number of rotatable bonds is 6. The second-order valence-electron chi connectivity index (χ2n) is 5.62. The summed E-state index contributed by atoms with van der Waals surface area (Å²) < 4.78 is 27.9. The van der Waals surface area contributed by atoms with Crippen molar-refractivity contribution in [2.75, 3.05) is 6.26 Å². The summed E-state index contributed by atoms with van der Waals surface area (Å²) in [6.45, 7) is 5.99. The Labute approximate surface area is 121 Å². The molecule has 0 aliphatic rings. The molecule has 1 aromatic carbocycles. The van der Waals surface area contributed by atoms with Crippen LogP contribution in [0.25, 0.3) is 0 Å². The van der Waals surface area contributed by atoms with E-state index in [1.54, 1.807) is 24.3 Å². The van der Waals surface area contributed by atoms with Crippen molar-refractivity contribution in [2.24, 2.45) is 5.92 Å². The molecular formula is C15H22O4S. The first kappa shape index (κ1) is 16.7. The summed E-state index contributed by atoms with van der Waals surface area (Å²) in [6.07, 6.45) is 1.82. The van der Waals surface area contributed by atoms with Gasteiger partial charge < -0.3 is 4.74 Å². The SMILES string of the molecule is CC(C)C[C@H](C)OC(=O)c1cccc(CS(C)(=O)=O)c1. The number of hydrogen-bond acceptors (Lipinski definition) is 4. The fraction of sp³-hybridized carbons (Fsp3) is 0.533. The summed E-state index contributed by atoms with van der Waals surface area (Å²) in [5, 5.41) is 0. The van der Waals surface area contributed by atoms with Crippen molar-refractivity contribution >= 4 is 15.8 Å². The molecule has 1 aromatic rings. The van der Waals surface area contributed by atoms with E-state index in [0.29, 0.717) is 17.0 Å². The van der Waals surface area contributed by atoms with Crippen LogP contribution >= 0.6 is 0 Å². The highest BCUT2D eigenvalue weighted by atomic mass is 32.2. The van der Waals surface area contributed by atoms with Crippen molar-refractivity contribution in [1.29, 1.82) is 0 Å². The third kappa shape index (κ3) is 6.19. The molecule has 112 valence electrons. The molecule has 1 rings (SSSR count). The van der Waals surface area contributed by atoms with E-state index in [4.69, 9.17) is 4.74 Å². The van der Waals surface area contributed by atoms with E-state index in [9.17, 15) is 13.2 Å². The Hall–Kier alpha value is -1.36. The lowest BCUT2D eigenvalue weighted by Gasteiger charge is -2.15. The summed E-state index contributed by atoms with van der Waals surface area (Å²) in [5.74, 6) is -0.0294. The molecule has 5 heteroatoms. The lowest BCUT2D eigenvalue weighted by Crippen LogP contribution is -2.17. The van der Waals surface area contributed by atoms with Crippen LogP contribution in [-0.4, -0.2) is 26.7 Å². The van der Waals surface area contributed by atoms with E-state index in [1.807, 2.05) is 6.92 Å². The normalized spacial score (nSPS) is 13.2. The van der Waals surface area contributed by atoms with Gasteiger partial charge in [0.15, 0.2) is 9.84 Å². The van der Waals surface area contributed by atoms with Gasteiger partial charge in [0.2, 0.25) is 0 Å².